The number of halogens is 1. The Balaban J connectivity index is 2.35. The summed E-state index contributed by atoms with van der Waals surface area (Å²) in [5, 5.41) is 0. The largest absolute Gasteiger partial charge is 0.495 e. The molecule has 0 atom stereocenters. The van der Waals surface area contributed by atoms with Gasteiger partial charge >= 0.3 is 5.97 Å². The van der Waals surface area contributed by atoms with E-state index in [2.05, 4.69) is 43.4 Å². The minimum Gasteiger partial charge on any atom is -0.495 e. The summed E-state index contributed by atoms with van der Waals surface area (Å²) < 4.78 is 19.1. The number of hydrogen-bond donors (Lipinski definition) is 0. The lowest BCUT2D eigenvalue weighted by Crippen LogP contribution is -2.19. The van der Waals surface area contributed by atoms with Gasteiger partial charge in [0, 0.05) is 17.3 Å². The summed E-state index contributed by atoms with van der Waals surface area (Å²) in [5.41, 5.74) is 3.12. The third-order valence-corrected chi connectivity index (χ3v) is 6.40. The van der Waals surface area contributed by atoms with E-state index in [1.165, 1.54) is 7.11 Å². The number of nitrogens with zero attached hydrogens (tertiary/aromatic N) is 1. The van der Waals surface area contributed by atoms with E-state index in [0.29, 0.717) is 33.9 Å². The molecule has 2 heterocycles. The van der Waals surface area contributed by atoms with Crippen LogP contribution in [0.1, 0.15) is 65.2 Å². The van der Waals surface area contributed by atoms with E-state index in [1.807, 2.05) is 24.4 Å². The van der Waals surface area contributed by atoms with Crippen LogP contribution in [0, 0.1) is 10.5 Å². The Bertz CT molecular complexity index is 1200. The van der Waals surface area contributed by atoms with E-state index >= 15 is 0 Å². The van der Waals surface area contributed by atoms with Gasteiger partial charge in [-0.25, -0.2) is 4.79 Å². The molecule has 0 saturated carbocycles. The topological polar surface area (TPSA) is 66.2 Å². The molecule has 3 rings (SSSR count). The van der Waals surface area contributed by atoms with Crippen LogP contribution in [0.15, 0.2) is 30.5 Å². The van der Waals surface area contributed by atoms with Crippen LogP contribution in [0.4, 0.5) is 0 Å². The number of ether oxygens (including phenoxy) is 3. The van der Waals surface area contributed by atoms with Crippen molar-refractivity contribution in [2.75, 3.05) is 20.8 Å². The number of esters is 1. The van der Waals surface area contributed by atoms with E-state index < -0.39 is 5.97 Å². The second kappa shape index (κ2) is 9.13. The van der Waals surface area contributed by atoms with Gasteiger partial charge in [-0.3, -0.25) is 4.79 Å². The van der Waals surface area contributed by atoms with E-state index in [9.17, 15) is 9.59 Å². The van der Waals surface area contributed by atoms with Crippen molar-refractivity contribution in [2.24, 2.45) is 0 Å². The lowest BCUT2D eigenvalue weighted by molar-refractivity contribution is 0.0525. The van der Waals surface area contributed by atoms with Gasteiger partial charge in [-0.15, -0.1) is 0 Å². The standard InChI is InChI=1S/C25H28INO5/c1-8-32-24(29)16-12-15-10-9-11-27(15)20(14(16)2)21(28)17-13-18(25(3,4)5)23(31-7)19(26)22(17)30-6/h9-13H,8H2,1-7H3. The molecule has 0 N–H and O–H groups in total. The first-order valence-electron chi connectivity index (χ1n) is 10.3. The highest BCUT2D eigenvalue weighted by Crippen LogP contribution is 2.42. The molecule has 1 aromatic carbocycles. The Kier molecular flexibility index (Phi) is 6.88. The number of rotatable bonds is 6. The van der Waals surface area contributed by atoms with Gasteiger partial charge in [0.2, 0.25) is 5.78 Å². The molecule has 0 radical (unpaired) electrons. The summed E-state index contributed by atoms with van der Waals surface area (Å²) >= 11 is 2.16. The molecule has 0 bridgehead atoms. The first-order valence-corrected chi connectivity index (χ1v) is 11.4. The lowest BCUT2D eigenvalue weighted by atomic mass is 9.84. The summed E-state index contributed by atoms with van der Waals surface area (Å²) in [6.45, 7) is 9.99. The quantitative estimate of drug-likeness (QED) is 0.229. The smallest absolute Gasteiger partial charge is 0.338 e. The summed E-state index contributed by atoms with van der Waals surface area (Å²) in [5.74, 6) is 0.448. The van der Waals surface area contributed by atoms with Crippen LogP contribution in [-0.2, 0) is 10.2 Å². The van der Waals surface area contributed by atoms with Crippen molar-refractivity contribution >= 4 is 39.9 Å². The van der Waals surface area contributed by atoms with Crippen molar-refractivity contribution in [3.8, 4) is 11.5 Å². The minimum atomic E-state index is -0.450. The number of carbonyl (C=O) groups is 2. The number of fused-ring (bicyclic) bond motifs is 1. The second-order valence-corrected chi connectivity index (χ2v) is 9.57. The van der Waals surface area contributed by atoms with Gasteiger partial charge in [-0.1, -0.05) is 20.8 Å². The zero-order valence-corrected chi connectivity index (χ0v) is 21.6. The van der Waals surface area contributed by atoms with Crippen LogP contribution in [0.25, 0.3) is 5.52 Å². The molecule has 0 aliphatic heterocycles. The van der Waals surface area contributed by atoms with Gasteiger partial charge in [0.1, 0.15) is 11.5 Å². The van der Waals surface area contributed by atoms with Gasteiger partial charge < -0.3 is 18.6 Å². The average molecular weight is 549 g/mol. The minimum absolute atomic E-state index is 0.238. The molecule has 0 aliphatic rings. The highest BCUT2D eigenvalue weighted by atomic mass is 127. The summed E-state index contributed by atoms with van der Waals surface area (Å²) in [6, 6.07) is 7.29. The number of carbonyl (C=O) groups excluding carboxylic acids is 2. The Hall–Kier alpha value is -2.55. The molecule has 0 fully saturated rings. The maximum atomic E-state index is 14.0. The van der Waals surface area contributed by atoms with Gasteiger partial charge in [0.15, 0.2) is 0 Å². The van der Waals surface area contributed by atoms with Crippen molar-refractivity contribution < 1.29 is 23.8 Å². The molecule has 0 aliphatic carbocycles. The molecular formula is C25H28INO5. The van der Waals surface area contributed by atoms with Crippen LogP contribution in [0.3, 0.4) is 0 Å². The fourth-order valence-corrected chi connectivity index (χ4v) is 4.87. The first kappa shape index (κ1) is 24.1. The van der Waals surface area contributed by atoms with Crippen LogP contribution in [0.5, 0.6) is 11.5 Å². The number of hydrogen-bond acceptors (Lipinski definition) is 5. The van der Waals surface area contributed by atoms with Crippen molar-refractivity contribution in [1.29, 1.82) is 0 Å². The van der Waals surface area contributed by atoms with Gasteiger partial charge in [0.05, 0.1) is 41.2 Å². The molecular weight excluding hydrogens is 521 g/mol. The Morgan fingerprint density at radius 2 is 1.72 bits per heavy atom. The third kappa shape index (κ3) is 4.10. The SMILES string of the molecule is CCOC(=O)c1cc2cccn2c(C(=O)c2cc(C(C)(C)C)c(OC)c(I)c2OC)c1C. The van der Waals surface area contributed by atoms with Crippen LogP contribution in [0.2, 0.25) is 0 Å². The fourth-order valence-electron chi connectivity index (χ4n) is 3.85. The van der Waals surface area contributed by atoms with Crippen LogP contribution in [-0.4, -0.2) is 37.0 Å². The molecule has 6 nitrogen and oxygen atoms in total. The second-order valence-electron chi connectivity index (χ2n) is 8.49. The monoisotopic (exact) mass is 549 g/mol. The zero-order valence-electron chi connectivity index (χ0n) is 19.5. The van der Waals surface area contributed by atoms with Gasteiger partial charge in [-0.05, 0) is 71.7 Å². The molecule has 170 valence electrons. The number of ketones is 1. The molecule has 0 unspecified atom stereocenters. The maximum Gasteiger partial charge on any atom is 0.338 e. The first-order chi connectivity index (χ1) is 15.1. The fraction of sp³-hybridized carbons (Fsp3) is 0.360. The summed E-state index contributed by atoms with van der Waals surface area (Å²) in [4.78, 5) is 26.6. The molecule has 0 spiro atoms. The van der Waals surface area contributed by atoms with Crippen molar-refractivity contribution in [2.45, 2.75) is 40.0 Å². The Morgan fingerprint density at radius 1 is 1.06 bits per heavy atom. The van der Waals surface area contributed by atoms with E-state index in [1.54, 1.807) is 31.4 Å². The molecule has 32 heavy (non-hydrogen) atoms. The van der Waals surface area contributed by atoms with E-state index in [0.717, 1.165) is 14.7 Å². The molecule has 2 aromatic heterocycles. The van der Waals surface area contributed by atoms with Crippen LogP contribution < -0.4 is 9.47 Å². The third-order valence-electron chi connectivity index (χ3n) is 5.42. The maximum absolute atomic E-state index is 14.0. The van der Waals surface area contributed by atoms with E-state index in [-0.39, 0.29) is 17.8 Å². The summed E-state index contributed by atoms with van der Waals surface area (Å²) in [7, 11) is 3.15. The van der Waals surface area contributed by atoms with E-state index in [4.69, 9.17) is 14.2 Å². The Labute approximate surface area is 202 Å². The van der Waals surface area contributed by atoms with Gasteiger partial charge in [-0.2, -0.15) is 0 Å². The predicted octanol–water partition coefficient (Wildman–Crippen LogP) is 5.57. The highest BCUT2D eigenvalue weighted by molar-refractivity contribution is 14.1. The molecule has 3 aromatic rings. The number of benzene rings is 1. The number of aromatic nitrogens is 1. The highest BCUT2D eigenvalue weighted by Gasteiger charge is 2.30. The average Bonchev–Trinajstić information content (AvgIpc) is 3.19. The zero-order chi connectivity index (χ0) is 23.8. The Morgan fingerprint density at radius 3 is 2.28 bits per heavy atom. The van der Waals surface area contributed by atoms with Crippen molar-refractivity contribution in [3.05, 3.63) is 62.0 Å². The van der Waals surface area contributed by atoms with Crippen molar-refractivity contribution in [1.82, 2.24) is 4.40 Å². The molecule has 0 amide bonds. The molecule has 7 heteroatoms. The van der Waals surface area contributed by atoms with Crippen molar-refractivity contribution in [3.63, 3.8) is 0 Å². The number of pyridine rings is 1. The normalized spacial score (nSPS) is 11.5. The lowest BCUT2D eigenvalue weighted by Gasteiger charge is -2.25. The number of methoxy groups -OCH3 is 2. The molecule has 0 saturated heterocycles. The summed E-state index contributed by atoms with van der Waals surface area (Å²) in [6.07, 6.45) is 1.82. The predicted molar refractivity (Wildman–Crippen MR) is 132 cm³/mol. The van der Waals surface area contributed by atoms with Gasteiger partial charge in [0.25, 0.3) is 0 Å². The van der Waals surface area contributed by atoms with Crippen LogP contribution >= 0.6 is 22.6 Å².